The van der Waals surface area contributed by atoms with Crippen molar-refractivity contribution in [3.05, 3.63) is 0 Å². The van der Waals surface area contributed by atoms with E-state index in [0.717, 1.165) is 38.7 Å². The van der Waals surface area contributed by atoms with Crippen LogP contribution in [0.25, 0.3) is 0 Å². The first-order chi connectivity index (χ1) is 9.37. The van der Waals surface area contributed by atoms with Crippen molar-refractivity contribution in [1.29, 1.82) is 0 Å². The van der Waals surface area contributed by atoms with E-state index in [1.807, 2.05) is 25.7 Å². The van der Waals surface area contributed by atoms with E-state index in [1.165, 1.54) is 0 Å². The van der Waals surface area contributed by atoms with Crippen molar-refractivity contribution in [3.63, 3.8) is 0 Å². The van der Waals surface area contributed by atoms with Crippen molar-refractivity contribution >= 4 is 6.09 Å². The highest BCUT2D eigenvalue weighted by atomic mass is 16.6. The van der Waals surface area contributed by atoms with Crippen LogP contribution < -0.4 is 5.73 Å². The Labute approximate surface area is 121 Å². The normalized spacial score (nSPS) is 30.5. The number of rotatable bonds is 3. The standard InChI is InChI=1S/C15H28N2O3/c1-15(2,3)20-14(18)17(10-11-6-5-9-19-11)13-8-4-7-12(13)16/h11-13H,4-10,16H2,1-3H3. The molecule has 0 spiro atoms. The molecule has 2 aliphatic rings. The zero-order valence-electron chi connectivity index (χ0n) is 12.9. The third-order valence-electron chi connectivity index (χ3n) is 3.98. The van der Waals surface area contributed by atoms with Crippen LogP contribution in [0.5, 0.6) is 0 Å². The van der Waals surface area contributed by atoms with Gasteiger partial charge in [0.2, 0.25) is 0 Å². The molecule has 3 unspecified atom stereocenters. The van der Waals surface area contributed by atoms with E-state index in [9.17, 15) is 4.79 Å². The number of hydrogen-bond donors (Lipinski definition) is 1. The molecule has 2 N–H and O–H groups in total. The molecule has 0 aromatic heterocycles. The number of hydrogen-bond acceptors (Lipinski definition) is 4. The van der Waals surface area contributed by atoms with Crippen LogP contribution in [0.3, 0.4) is 0 Å². The van der Waals surface area contributed by atoms with E-state index < -0.39 is 5.60 Å². The lowest BCUT2D eigenvalue weighted by Gasteiger charge is -2.34. The average Bonchev–Trinajstić information content (AvgIpc) is 2.94. The van der Waals surface area contributed by atoms with Gasteiger partial charge in [0, 0.05) is 12.6 Å². The molecule has 1 saturated heterocycles. The van der Waals surface area contributed by atoms with E-state index in [-0.39, 0.29) is 24.3 Å². The van der Waals surface area contributed by atoms with Gasteiger partial charge in [0.1, 0.15) is 5.60 Å². The molecule has 0 radical (unpaired) electrons. The lowest BCUT2D eigenvalue weighted by atomic mass is 10.1. The number of nitrogens with zero attached hydrogens (tertiary/aromatic N) is 1. The van der Waals surface area contributed by atoms with Gasteiger partial charge in [-0.05, 0) is 52.9 Å². The second-order valence-electron chi connectivity index (χ2n) is 6.93. The Morgan fingerprint density at radius 2 is 2.05 bits per heavy atom. The van der Waals surface area contributed by atoms with Crippen LogP contribution in [0.4, 0.5) is 4.79 Å². The minimum atomic E-state index is -0.478. The van der Waals surface area contributed by atoms with Gasteiger partial charge in [-0.3, -0.25) is 0 Å². The van der Waals surface area contributed by atoms with Crippen molar-refractivity contribution < 1.29 is 14.3 Å². The van der Waals surface area contributed by atoms with Crippen LogP contribution in [0.15, 0.2) is 0 Å². The quantitative estimate of drug-likeness (QED) is 0.863. The summed E-state index contributed by atoms with van der Waals surface area (Å²) in [6.45, 7) is 7.08. The molecule has 5 heteroatoms. The summed E-state index contributed by atoms with van der Waals surface area (Å²) in [7, 11) is 0. The molecule has 20 heavy (non-hydrogen) atoms. The summed E-state index contributed by atoms with van der Waals surface area (Å²) in [5, 5.41) is 0. The number of carbonyl (C=O) groups excluding carboxylic acids is 1. The van der Waals surface area contributed by atoms with Crippen molar-refractivity contribution in [3.8, 4) is 0 Å². The molecule has 2 fully saturated rings. The molecule has 0 aromatic rings. The predicted octanol–water partition coefficient (Wildman–Crippen LogP) is 2.28. The van der Waals surface area contributed by atoms with Gasteiger partial charge in [0.25, 0.3) is 0 Å². The van der Waals surface area contributed by atoms with Crippen molar-refractivity contribution in [2.75, 3.05) is 13.2 Å². The topological polar surface area (TPSA) is 64.8 Å². The number of amides is 1. The molecule has 1 amide bonds. The van der Waals surface area contributed by atoms with Gasteiger partial charge in [0.15, 0.2) is 0 Å². The highest BCUT2D eigenvalue weighted by Crippen LogP contribution is 2.26. The molecule has 0 bridgehead atoms. The summed E-state index contributed by atoms with van der Waals surface area (Å²) < 4.78 is 11.2. The first-order valence-corrected chi connectivity index (χ1v) is 7.73. The van der Waals surface area contributed by atoms with Crippen LogP contribution in [-0.2, 0) is 9.47 Å². The first-order valence-electron chi connectivity index (χ1n) is 7.73. The van der Waals surface area contributed by atoms with Crippen molar-refractivity contribution in [2.45, 2.75) is 76.7 Å². The third-order valence-corrected chi connectivity index (χ3v) is 3.98. The maximum absolute atomic E-state index is 12.5. The fourth-order valence-electron chi connectivity index (χ4n) is 3.03. The highest BCUT2D eigenvalue weighted by Gasteiger charge is 2.36. The van der Waals surface area contributed by atoms with Gasteiger partial charge in [-0.2, -0.15) is 0 Å². The van der Waals surface area contributed by atoms with E-state index in [4.69, 9.17) is 15.2 Å². The minimum Gasteiger partial charge on any atom is -0.444 e. The third kappa shape index (κ3) is 4.09. The maximum atomic E-state index is 12.5. The highest BCUT2D eigenvalue weighted by molar-refractivity contribution is 5.68. The van der Waals surface area contributed by atoms with Crippen LogP contribution >= 0.6 is 0 Å². The van der Waals surface area contributed by atoms with Crippen LogP contribution in [0.1, 0.15) is 52.9 Å². The monoisotopic (exact) mass is 284 g/mol. The smallest absolute Gasteiger partial charge is 0.410 e. The molecule has 0 aromatic carbocycles. The van der Waals surface area contributed by atoms with Gasteiger partial charge in [-0.15, -0.1) is 0 Å². The average molecular weight is 284 g/mol. The molecule has 2 rings (SSSR count). The molecular weight excluding hydrogens is 256 g/mol. The Morgan fingerprint density at radius 1 is 1.30 bits per heavy atom. The fraction of sp³-hybridized carbons (Fsp3) is 0.933. The Bertz CT molecular complexity index is 335. The SMILES string of the molecule is CC(C)(C)OC(=O)N(CC1CCCO1)C1CCCC1N. The van der Waals surface area contributed by atoms with Crippen molar-refractivity contribution in [1.82, 2.24) is 4.90 Å². The largest absolute Gasteiger partial charge is 0.444 e. The van der Waals surface area contributed by atoms with Gasteiger partial charge < -0.3 is 20.1 Å². The maximum Gasteiger partial charge on any atom is 0.410 e. The Hall–Kier alpha value is -0.810. The van der Waals surface area contributed by atoms with E-state index >= 15 is 0 Å². The summed E-state index contributed by atoms with van der Waals surface area (Å²) in [6, 6.07) is 0.151. The summed E-state index contributed by atoms with van der Waals surface area (Å²) >= 11 is 0. The number of carbonyl (C=O) groups is 1. The molecule has 1 saturated carbocycles. The summed E-state index contributed by atoms with van der Waals surface area (Å²) in [5.74, 6) is 0. The lowest BCUT2D eigenvalue weighted by Crippen LogP contribution is -2.51. The molecule has 1 aliphatic carbocycles. The van der Waals surface area contributed by atoms with Crippen LogP contribution in [0.2, 0.25) is 0 Å². The van der Waals surface area contributed by atoms with Crippen LogP contribution in [0, 0.1) is 0 Å². The van der Waals surface area contributed by atoms with Gasteiger partial charge in [-0.1, -0.05) is 0 Å². The van der Waals surface area contributed by atoms with E-state index in [2.05, 4.69) is 0 Å². The first kappa shape index (κ1) is 15.6. The molecule has 116 valence electrons. The fourth-order valence-corrected chi connectivity index (χ4v) is 3.03. The van der Waals surface area contributed by atoms with Crippen LogP contribution in [-0.4, -0.2) is 47.9 Å². The molecule has 3 atom stereocenters. The Kier molecular flexibility index (Phi) is 4.91. The van der Waals surface area contributed by atoms with Gasteiger partial charge >= 0.3 is 6.09 Å². The Balaban J connectivity index is 2.04. The minimum absolute atomic E-state index is 0.0592. The lowest BCUT2D eigenvalue weighted by molar-refractivity contribution is -0.00123. The molecule has 5 nitrogen and oxygen atoms in total. The van der Waals surface area contributed by atoms with Gasteiger partial charge in [-0.25, -0.2) is 4.79 Å². The second kappa shape index (κ2) is 6.31. The second-order valence-corrected chi connectivity index (χ2v) is 6.93. The number of nitrogens with two attached hydrogens (primary N) is 1. The summed E-state index contributed by atoms with van der Waals surface area (Å²) in [4.78, 5) is 14.3. The molecular formula is C15H28N2O3. The zero-order valence-corrected chi connectivity index (χ0v) is 12.9. The summed E-state index contributed by atoms with van der Waals surface area (Å²) in [5.41, 5.74) is 5.69. The summed E-state index contributed by atoms with van der Waals surface area (Å²) in [6.07, 6.45) is 5.00. The van der Waals surface area contributed by atoms with Gasteiger partial charge in [0.05, 0.1) is 18.7 Å². The molecule has 1 heterocycles. The molecule has 1 aliphatic heterocycles. The Morgan fingerprint density at radius 3 is 2.55 bits per heavy atom. The van der Waals surface area contributed by atoms with E-state index in [1.54, 1.807) is 0 Å². The number of ether oxygens (including phenoxy) is 2. The van der Waals surface area contributed by atoms with Crippen molar-refractivity contribution in [2.24, 2.45) is 5.73 Å². The predicted molar refractivity (Wildman–Crippen MR) is 77.5 cm³/mol. The zero-order chi connectivity index (χ0) is 14.8. The van der Waals surface area contributed by atoms with E-state index in [0.29, 0.717) is 6.54 Å².